The molecule has 0 aliphatic carbocycles. The molecule has 2 aromatic heterocycles. The highest BCUT2D eigenvalue weighted by Gasteiger charge is 2.14. The predicted octanol–water partition coefficient (Wildman–Crippen LogP) is 3.56. The van der Waals surface area contributed by atoms with Crippen molar-refractivity contribution in [2.75, 3.05) is 5.32 Å². The van der Waals surface area contributed by atoms with E-state index < -0.39 is 11.7 Å². The summed E-state index contributed by atoms with van der Waals surface area (Å²) in [5.41, 5.74) is 3.50. The number of benzene rings is 1. The molecule has 1 amide bonds. The van der Waals surface area contributed by atoms with Crippen LogP contribution in [0.2, 0.25) is 5.02 Å². The topological polar surface area (TPSA) is 72.7 Å². The van der Waals surface area contributed by atoms with Gasteiger partial charge in [-0.15, -0.1) is 0 Å². The average molecular weight is 374 g/mol. The summed E-state index contributed by atoms with van der Waals surface area (Å²) in [6.45, 7) is 5.84. The highest BCUT2D eigenvalue weighted by atomic mass is 35.5. The first-order chi connectivity index (χ1) is 12.4. The van der Waals surface area contributed by atoms with Crippen LogP contribution in [0, 0.1) is 26.6 Å². The standard InChI is InChI=1S/C18H17ClFN5O/c1-10-11(2)24-25(12(10)3)18-21-8-13(9-22-18)23-17(26)7-14-15(19)5-4-6-16(14)20/h4-6,8-9H,7H2,1-3H3,(H,23,26). The zero-order valence-electron chi connectivity index (χ0n) is 14.5. The molecule has 0 bridgehead atoms. The second-order valence-electron chi connectivity index (χ2n) is 5.90. The summed E-state index contributed by atoms with van der Waals surface area (Å²) in [5.74, 6) is -0.511. The number of carbonyl (C=O) groups excluding carboxylic acids is 1. The fraction of sp³-hybridized carbons (Fsp3) is 0.222. The number of hydrogen-bond acceptors (Lipinski definition) is 4. The van der Waals surface area contributed by atoms with Crippen LogP contribution in [0.1, 0.15) is 22.5 Å². The minimum atomic E-state index is -0.515. The average Bonchev–Trinajstić information content (AvgIpc) is 2.86. The molecule has 0 aliphatic heterocycles. The second kappa shape index (κ2) is 7.21. The summed E-state index contributed by atoms with van der Waals surface area (Å²) in [5, 5.41) is 7.24. The third-order valence-corrected chi connectivity index (χ3v) is 4.52. The van der Waals surface area contributed by atoms with Gasteiger partial charge in [-0.2, -0.15) is 5.10 Å². The van der Waals surface area contributed by atoms with E-state index in [1.54, 1.807) is 10.7 Å². The highest BCUT2D eigenvalue weighted by Crippen LogP contribution is 2.20. The van der Waals surface area contributed by atoms with Crippen molar-refractivity contribution in [2.24, 2.45) is 0 Å². The normalized spacial score (nSPS) is 10.8. The molecule has 0 atom stereocenters. The molecule has 0 aliphatic rings. The van der Waals surface area contributed by atoms with E-state index in [4.69, 9.17) is 11.6 Å². The van der Waals surface area contributed by atoms with Gasteiger partial charge in [0.2, 0.25) is 5.91 Å². The van der Waals surface area contributed by atoms with Gasteiger partial charge in [-0.25, -0.2) is 19.0 Å². The molecule has 0 spiro atoms. The Kier molecular flexibility index (Phi) is 4.99. The number of nitrogens with zero attached hydrogens (tertiary/aromatic N) is 4. The Morgan fingerprint density at radius 3 is 2.50 bits per heavy atom. The lowest BCUT2D eigenvalue weighted by atomic mass is 10.1. The van der Waals surface area contributed by atoms with Gasteiger partial charge in [0.25, 0.3) is 5.95 Å². The van der Waals surface area contributed by atoms with Gasteiger partial charge in [0.15, 0.2) is 0 Å². The van der Waals surface area contributed by atoms with Gasteiger partial charge in [-0.1, -0.05) is 17.7 Å². The predicted molar refractivity (Wildman–Crippen MR) is 97.1 cm³/mol. The number of amides is 1. The molecular weight excluding hydrogens is 357 g/mol. The van der Waals surface area contributed by atoms with E-state index in [9.17, 15) is 9.18 Å². The fourth-order valence-corrected chi connectivity index (χ4v) is 2.71. The molecule has 0 saturated carbocycles. The summed E-state index contributed by atoms with van der Waals surface area (Å²) in [7, 11) is 0. The number of rotatable bonds is 4. The molecule has 0 saturated heterocycles. The first-order valence-electron chi connectivity index (χ1n) is 7.94. The van der Waals surface area contributed by atoms with Crippen molar-refractivity contribution in [3.05, 3.63) is 63.9 Å². The number of aryl methyl sites for hydroxylation is 1. The third-order valence-electron chi connectivity index (χ3n) is 4.16. The van der Waals surface area contributed by atoms with Gasteiger partial charge in [0, 0.05) is 16.3 Å². The Balaban J connectivity index is 1.73. The molecule has 1 N–H and O–H groups in total. The Morgan fingerprint density at radius 1 is 1.23 bits per heavy atom. The number of halogens is 2. The van der Waals surface area contributed by atoms with Crippen molar-refractivity contribution in [1.82, 2.24) is 19.7 Å². The van der Waals surface area contributed by atoms with E-state index in [0.717, 1.165) is 17.0 Å². The molecule has 8 heteroatoms. The zero-order chi connectivity index (χ0) is 18.8. The highest BCUT2D eigenvalue weighted by molar-refractivity contribution is 6.31. The molecule has 26 heavy (non-hydrogen) atoms. The van der Waals surface area contributed by atoms with Crippen molar-refractivity contribution in [1.29, 1.82) is 0 Å². The molecule has 0 fully saturated rings. The molecule has 3 aromatic rings. The van der Waals surface area contributed by atoms with Crippen molar-refractivity contribution in [3.8, 4) is 5.95 Å². The van der Waals surface area contributed by atoms with E-state index in [-0.39, 0.29) is 17.0 Å². The maximum absolute atomic E-state index is 13.8. The number of hydrogen-bond donors (Lipinski definition) is 1. The Labute approximate surface area is 155 Å². The van der Waals surface area contributed by atoms with E-state index in [0.29, 0.717) is 11.6 Å². The number of carbonyl (C=O) groups is 1. The molecule has 1 aromatic carbocycles. The van der Waals surface area contributed by atoms with Gasteiger partial charge < -0.3 is 5.32 Å². The summed E-state index contributed by atoms with van der Waals surface area (Å²) < 4.78 is 15.4. The first kappa shape index (κ1) is 18.0. The summed E-state index contributed by atoms with van der Waals surface area (Å²) >= 11 is 5.94. The van der Waals surface area contributed by atoms with Crippen LogP contribution in [0.3, 0.4) is 0 Å². The summed E-state index contributed by atoms with van der Waals surface area (Å²) in [4.78, 5) is 20.6. The molecule has 6 nitrogen and oxygen atoms in total. The van der Waals surface area contributed by atoms with Crippen LogP contribution in [0.4, 0.5) is 10.1 Å². The fourth-order valence-electron chi connectivity index (χ4n) is 2.48. The van der Waals surface area contributed by atoms with E-state index in [1.165, 1.54) is 24.5 Å². The van der Waals surface area contributed by atoms with Crippen molar-refractivity contribution in [3.63, 3.8) is 0 Å². The van der Waals surface area contributed by atoms with Gasteiger partial charge >= 0.3 is 0 Å². The Bertz CT molecular complexity index is 948. The van der Waals surface area contributed by atoms with Crippen LogP contribution in [0.15, 0.2) is 30.6 Å². The molecule has 0 unspecified atom stereocenters. The van der Waals surface area contributed by atoms with Gasteiger partial charge in [0.1, 0.15) is 5.82 Å². The molecule has 3 rings (SSSR count). The lowest BCUT2D eigenvalue weighted by Gasteiger charge is -2.08. The van der Waals surface area contributed by atoms with E-state index in [2.05, 4.69) is 20.4 Å². The molecule has 0 radical (unpaired) electrons. The SMILES string of the molecule is Cc1nn(-c2ncc(NC(=O)Cc3c(F)cccc3Cl)cn2)c(C)c1C. The lowest BCUT2D eigenvalue weighted by Crippen LogP contribution is -2.16. The third kappa shape index (κ3) is 3.57. The van der Waals surface area contributed by atoms with Crippen LogP contribution in [0.25, 0.3) is 5.95 Å². The first-order valence-corrected chi connectivity index (χ1v) is 8.32. The van der Waals surface area contributed by atoms with Crippen LogP contribution < -0.4 is 5.32 Å². The maximum Gasteiger partial charge on any atom is 0.250 e. The van der Waals surface area contributed by atoms with E-state index in [1.807, 2.05) is 20.8 Å². The van der Waals surface area contributed by atoms with Crippen molar-refractivity contribution < 1.29 is 9.18 Å². The Hall–Kier alpha value is -2.80. The quantitative estimate of drug-likeness (QED) is 0.758. The minimum absolute atomic E-state index is 0.155. The number of anilines is 1. The maximum atomic E-state index is 13.8. The Morgan fingerprint density at radius 2 is 1.92 bits per heavy atom. The van der Waals surface area contributed by atoms with Crippen LogP contribution in [-0.4, -0.2) is 25.7 Å². The molecule has 2 heterocycles. The largest absolute Gasteiger partial charge is 0.323 e. The monoisotopic (exact) mass is 373 g/mol. The minimum Gasteiger partial charge on any atom is -0.323 e. The van der Waals surface area contributed by atoms with Crippen LogP contribution in [-0.2, 0) is 11.2 Å². The van der Waals surface area contributed by atoms with Crippen LogP contribution >= 0.6 is 11.6 Å². The van der Waals surface area contributed by atoms with E-state index >= 15 is 0 Å². The molecular formula is C18H17ClFN5O. The smallest absolute Gasteiger partial charge is 0.250 e. The number of nitrogens with one attached hydrogen (secondary N) is 1. The van der Waals surface area contributed by atoms with Crippen molar-refractivity contribution in [2.45, 2.75) is 27.2 Å². The summed E-state index contributed by atoms with van der Waals surface area (Å²) in [6.07, 6.45) is 2.79. The summed E-state index contributed by atoms with van der Waals surface area (Å²) in [6, 6.07) is 4.30. The van der Waals surface area contributed by atoms with Gasteiger partial charge in [0.05, 0.1) is 30.2 Å². The number of aromatic nitrogens is 4. The lowest BCUT2D eigenvalue weighted by molar-refractivity contribution is -0.115. The zero-order valence-corrected chi connectivity index (χ0v) is 15.3. The molecule has 134 valence electrons. The van der Waals surface area contributed by atoms with Crippen molar-refractivity contribution >= 4 is 23.2 Å². The van der Waals surface area contributed by atoms with Gasteiger partial charge in [-0.3, -0.25) is 4.79 Å². The van der Waals surface area contributed by atoms with Gasteiger partial charge in [-0.05, 0) is 38.5 Å². The second-order valence-corrected chi connectivity index (χ2v) is 6.31. The van der Waals surface area contributed by atoms with Crippen LogP contribution in [0.5, 0.6) is 0 Å².